The van der Waals surface area contributed by atoms with Gasteiger partial charge in [-0.25, -0.2) is 8.78 Å². The molecule has 1 atom stereocenters. The minimum atomic E-state index is -1.06. The molecular weight excluding hydrogens is 457 g/mol. The van der Waals surface area contributed by atoms with Crippen molar-refractivity contribution >= 4 is 34.9 Å². The van der Waals surface area contributed by atoms with Crippen LogP contribution in [0.15, 0.2) is 67.0 Å². The molecule has 1 unspecified atom stereocenters. The Morgan fingerprint density at radius 2 is 1.72 bits per heavy atom. The number of hydrogen-bond acceptors (Lipinski definition) is 3. The molecule has 1 N–H and O–H groups in total. The lowest BCUT2D eigenvalue weighted by atomic mass is 10.0. The monoisotopic (exact) mass is 472 g/mol. The van der Waals surface area contributed by atoms with Crippen LogP contribution in [-0.2, 0) is 11.8 Å². The van der Waals surface area contributed by atoms with Crippen LogP contribution in [0.3, 0.4) is 0 Å². The van der Waals surface area contributed by atoms with Gasteiger partial charge in [-0.1, -0.05) is 23.7 Å². The predicted molar refractivity (Wildman–Crippen MR) is 120 cm³/mol. The maximum absolute atomic E-state index is 13.7. The normalized spacial score (nSPS) is 11.9. The molecule has 2 heterocycles. The Morgan fingerprint density at radius 1 is 1.03 bits per heavy atom. The number of benzene rings is 2. The Hall–Kier alpha value is -3.29. The van der Waals surface area contributed by atoms with E-state index in [1.165, 1.54) is 41.1 Å². The van der Waals surface area contributed by atoms with E-state index >= 15 is 0 Å². The number of nitrogens with one attached hydrogen (secondary N) is 1. The molecule has 2 aromatic heterocycles. The quantitative estimate of drug-likeness (QED) is 0.362. The molecule has 5 nitrogen and oxygen atoms in total. The molecule has 4 rings (SSSR count). The van der Waals surface area contributed by atoms with Crippen molar-refractivity contribution in [2.45, 2.75) is 5.38 Å². The summed E-state index contributed by atoms with van der Waals surface area (Å²) in [5.74, 6) is -1.11. The van der Waals surface area contributed by atoms with Gasteiger partial charge in [-0.2, -0.15) is 5.10 Å². The molecule has 2 aromatic carbocycles. The summed E-state index contributed by atoms with van der Waals surface area (Å²) in [7, 11) is 1.66. The van der Waals surface area contributed by atoms with Gasteiger partial charge in [0.25, 0.3) is 0 Å². The van der Waals surface area contributed by atoms with Gasteiger partial charge in [-0.15, -0.1) is 11.6 Å². The zero-order valence-electron chi connectivity index (χ0n) is 16.7. The number of alkyl halides is 1. The molecule has 9 heteroatoms. The Kier molecular flexibility index (Phi) is 6.21. The second-order valence-electron chi connectivity index (χ2n) is 6.96. The first-order valence-corrected chi connectivity index (χ1v) is 10.3. The topological polar surface area (TPSA) is 59.8 Å². The third-order valence-electron chi connectivity index (χ3n) is 4.84. The van der Waals surface area contributed by atoms with Crippen LogP contribution in [0.2, 0.25) is 5.02 Å². The van der Waals surface area contributed by atoms with E-state index in [2.05, 4.69) is 15.4 Å². The van der Waals surface area contributed by atoms with Gasteiger partial charge in [-0.3, -0.25) is 14.5 Å². The fourth-order valence-electron chi connectivity index (χ4n) is 3.27. The summed E-state index contributed by atoms with van der Waals surface area (Å²) < 4.78 is 28.4. The van der Waals surface area contributed by atoms with Crippen LogP contribution in [0.5, 0.6) is 0 Å². The van der Waals surface area contributed by atoms with Crippen LogP contribution in [0.4, 0.5) is 14.6 Å². The van der Waals surface area contributed by atoms with Crippen LogP contribution < -0.4 is 5.32 Å². The van der Waals surface area contributed by atoms with E-state index in [0.29, 0.717) is 28.2 Å². The molecule has 0 saturated heterocycles. The highest BCUT2D eigenvalue weighted by Gasteiger charge is 2.25. The van der Waals surface area contributed by atoms with Crippen LogP contribution in [0.1, 0.15) is 10.9 Å². The van der Waals surface area contributed by atoms with E-state index in [4.69, 9.17) is 23.2 Å². The molecule has 0 bridgehead atoms. The Bertz CT molecular complexity index is 1280. The van der Waals surface area contributed by atoms with Crippen LogP contribution in [0, 0.1) is 11.6 Å². The van der Waals surface area contributed by atoms with Crippen LogP contribution in [-0.4, -0.2) is 20.7 Å². The van der Waals surface area contributed by atoms with Gasteiger partial charge in [0, 0.05) is 25.0 Å². The van der Waals surface area contributed by atoms with Gasteiger partial charge in [0.2, 0.25) is 5.91 Å². The maximum atomic E-state index is 13.7. The van der Waals surface area contributed by atoms with Crippen LogP contribution in [0.25, 0.3) is 22.4 Å². The van der Waals surface area contributed by atoms with E-state index in [1.54, 1.807) is 37.6 Å². The number of aryl methyl sites for hydroxylation is 1. The third kappa shape index (κ3) is 4.35. The zero-order valence-corrected chi connectivity index (χ0v) is 18.2. The van der Waals surface area contributed by atoms with Crippen molar-refractivity contribution in [2.75, 3.05) is 5.32 Å². The summed E-state index contributed by atoms with van der Waals surface area (Å²) in [6.07, 6.45) is 3.22. The fourth-order valence-corrected chi connectivity index (χ4v) is 3.65. The van der Waals surface area contributed by atoms with Crippen molar-refractivity contribution in [1.29, 1.82) is 0 Å². The Balaban J connectivity index is 1.78. The van der Waals surface area contributed by atoms with Crippen molar-refractivity contribution in [1.82, 2.24) is 14.8 Å². The van der Waals surface area contributed by atoms with E-state index in [0.717, 1.165) is 5.56 Å². The summed E-state index contributed by atoms with van der Waals surface area (Å²) in [6.45, 7) is 0. The number of carbonyl (C=O) groups is 1. The lowest BCUT2D eigenvalue weighted by Crippen LogP contribution is -2.19. The van der Waals surface area contributed by atoms with E-state index in [1.807, 2.05) is 0 Å². The maximum Gasteiger partial charge on any atom is 0.248 e. The number of amides is 1. The van der Waals surface area contributed by atoms with Crippen LogP contribution >= 0.6 is 23.2 Å². The second-order valence-corrected chi connectivity index (χ2v) is 7.81. The standard InChI is InChI=1S/C23H16Cl2F2N4O/c1-31-22(29-23(32)20(25)14-2-5-16(26)6-3-14)19(13-8-10-28-11-9-13)21(30-31)15-4-7-18(27)17(24)12-15/h2-12,20H,1H3,(H,29,32). The van der Waals surface area contributed by atoms with Crippen molar-refractivity contribution in [3.05, 3.63) is 89.2 Å². The van der Waals surface area contributed by atoms with Gasteiger partial charge in [0.05, 0.1) is 10.6 Å². The highest BCUT2D eigenvalue weighted by molar-refractivity contribution is 6.32. The van der Waals surface area contributed by atoms with Gasteiger partial charge in [0.1, 0.15) is 28.5 Å². The molecule has 0 aliphatic rings. The van der Waals surface area contributed by atoms with Gasteiger partial charge < -0.3 is 5.32 Å². The highest BCUT2D eigenvalue weighted by Crippen LogP contribution is 2.39. The summed E-state index contributed by atoms with van der Waals surface area (Å²) in [6, 6.07) is 13.2. The molecule has 0 spiro atoms. The first-order valence-electron chi connectivity index (χ1n) is 9.48. The van der Waals surface area contributed by atoms with E-state index < -0.39 is 22.9 Å². The number of pyridine rings is 1. The van der Waals surface area contributed by atoms with E-state index in [9.17, 15) is 13.6 Å². The molecule has 1 amide bonds. The third-order valence-corrected chi connectivity index (χ3v) is 5.58. The highest BCUT2D eigenvalue weighted by atomic mass is 35.5. The van der Waals surface area contributed by atoms with Gasteiger partial charge in [-0.05, 0) is 53.6 Å². The minimum Gasteiger partial charge on any atom is -0.309 e. The second kappa shape index (κ2) is 9.06. The number of halogens is 4. The molecule has 4 aromatic rings. The molecule has 0 aliphatic heterocycles. The molecule has 0 fully saturated rings. The number of rotatable bonds is 5. The summed E-state index contributed by atoms with van der Waals surface area (Å²) in [4.78, 5) is 17.0. The van der Waals surface area contributed by atoms with Gasteiger partial charge in [0.15, 0.2) is 0 Å². The largest absolute Gasteiger partial charge is 0.309 e. The van der Waals surface area contributed by atoms with Gasteiger partial charge >= 0.3 is 0 Å². The summed E-state index contributed by atoms with van der Waals surface area (Å²) in [5, 5.41) is 6.25. The average Bonchev–Trinajstić information content (AvgIpc) is 3.12. The fraction of sp³-hybridized carbons (Fsp3) is 0.0870. The minimum absolute atomic E-state index is 0.0449. The van der Waals surface area contributed by atoms with Crippen molar-refractivity contribution < 1.29 is 13.6 Å². The average molecular weight is 473 g/mol. The number of anilines is 1. The lowest BCUT2D eigenvalue weighted by molar-refractivity contribution is -0.116. The number of carbonyl (C=O) groups excluding carboxylic acids is 1. The summed E-state index contributed by atoms with van der Waals surface area (Å²) in [5.41, 5.74) is 2.83. The Morgan fingerprint density at radius 3 is 2.38 bits per heavy atom. The number of aromatic nitrogens is 3. The zero-order chi connectivity index (χ0) is 22.8. The lowest BCUT2D eigenvalue weighted by Gasteiger charge is -2.13. The molecule has 162 valence electrons. The van der Waals surface area contributed by atoms with Crippen molar-refractivity contribution in [2.24, 2.45) is 7.05 Å². The van der Waals surface area contributed by atoms with Crippen molar-refractivity contribution in [3.63, 3.8) is 0 Å². The number of nitrogens with zero attached hydrogens (tertiary/aromatic N) is 3. The first kappa shape index (κ1) is 21.9. The van der Waals surface area contributed by atoms with Crippen molar-refractivity contribution in [3.8, 4) is 22.4 Å². The molecule has 0 aliphatic carbocycles. The first-order chi connectivity index (χ1) is 15.3. The smallest absolute Gasteiger partial charge is 0.248 e. The molecular formula is C23H16Cl2F2N4O. The molecule has 0 radical (unpaired) electrons. The predicted octanol–water partition coefficient (Wildman–Crippen LogP) is 6.00. The van der Waals surface area contributed by atoms with E-state index in [-0.39, 0.29) is 5.02 Å². The summed E-state index contributed by atoms with van der Waals surface area (Å²) >= 11 is 12.3. The Labute approximate surface area is 192 Å². The molecule has 0 saturated carbocycles. The SMILES string of the molecule is Cn1nc(-c2ccc(F)c(Cl)c2)c(-c2ccncc2)c1NC(=O)C(Cl)c1ccc(F)cc1. The molecule has 32 heavy (non-hydrogen) atoms. The number of hydrogen-bond donors (Lipinski definition) is 1.